The van der Waals surface area contributed by atoms with Crippen molar-refractivity contribution in [1.82, 2.24) is 10.9 Å². The van der Waals surface area contributed by atoms with Crippen LogP contribution >= 0.6 is 15.9 Å². The summed E-state index contributed by atoms with van der Waals surface area (Å²) in [4.78, 5) is 23.3. The smallest absolute Gasteiger partial charge is 0.305 e. The predicted molar refractivity (Wildman–Crippen MR) is 83.4 cm³/mol. The van der Waals surface area contributed by atoms with Crippen LogP contribution in [-0.2, 0) is 4.79 Å². The molecule has 2 N–H and O–H groups in total. The molecular formula is C15H15BrN2O4. The van der Waals surface area contributed by atoms with Crippen LogP contribution in [0.3, 0.4) is 0 Å². The molecule has 116 valence electrons. The molecule has 0 unspecified atom stereocenters. The molecule has 0 fully saturated rings. The van der Waals surface area contributed by atoms with Crippen molar-refractivity contribution < 1.29 is 18.7 Å². The molecule has 1 aromatic carbocycles. The zero-order valence-electron chi connectivity index (χ0n) is 12.1. The monoisotopic (exact) mass is 366 g/mol. The molecule has 0 bridgehead atoms. The average molecular weight is 367 g/mol. The van der Waals surface area contributed by atoms with Crippen molar-refractivity contribution in [3.05, 3.63) is 51.9 Å². The quantitative estimate of drug-likeness (QED) is 0.814. The Morgan fingerprint density at radius 3 is 2.64 bits per heavy atom. The normalized spacial score (nSPS) is 10.1. The van der Waals surface area contributed by atoms with Crippen LogP contribution in [-0.4, -0.2) is 18.4 Å². The minimum Gasteiger partial charge on any atom is -0.483 e. The van der Waals surface area contributed by atoms with Gasteiger partial charge in [-0.2, -0.15) is 0 Å². The summed E-state index contributed by atoms with van der Waals surface area (Å²) in [6.07, 6.45) is 0. The van der Waals surface area contributed by atoms with E-state index in [-0.39, 0.29) is 12.4 Å². The zero-order chi connectivity index (χ0) is 16.1. The first-order valence-corrected chi connectivity index (χ1v) is 7.30. The van der Waals surface area contributed by atoms with E-state index in [1.54, 1.807) is 12.1 Å². The van der Waals surface area contributed by atoms with Crippen molar-refractivity contribution in [2.24, 2.45) is 0 Å². The predicted octanol–water partition coefficient (Wildman–Crippen LogP) is 2.50. The van der Waals surface area contributed by atoms with Crippen LogP contribution in [0.25, 0.3) is 0 Å². The first-order chi connectivity index (χ1) is 10.5. The Hall–Kier alpha value is -2.28. The number of carbonyl (C=O) groups is 2. The SMILES string of the molecule is Cc1cccc(OCC(=O)NNC(=O)c2ccc(Br)o2)c1C. The van der Waals surface area contributed by atoms with Gasteiger partial charge in [0.15, 0.2) is 17.0 Å². The summed E-state index contributed by atoms with van der Waals surface area (Å²) in [7, 11) is 0. The molecule has 0 aliphatic heterocycles. The summed E-state index contributed by atoms with van der Waals surface area (Å²) in [5.41, 5.74) is 6.55. The second-order valence-electron chi connectivity index (χ2n) is 4.59. The van der Waals surface area contributed by atoms with Crippen molar-refractivity contribution in [2.75, 3.05) is 6.61 Å². The van der Waals surface area contributed by atoms with Crippen LogP contribution in [0.15, 0.2) is 39.4 Å². The third-order valence-electron chi connectivity index (χ3n) is 3.03. The summed E-state index contributed by atoms with van der Waals surface area (Å²) in [5, 5.41) is 0. The maximum Gasteiger partial charge on any atom is 0.305 e. The van der Waals surface area contributed by atoms with Crippen LogP contribution in [0, 0.1) is 13.8 Å². The minimum absolute atomic E-state index is 0.0858. The van der Waals surface area contributed by atoms with Gasteiger partial charge in [-0.25, -0.2) is 0 Å². The lowest BCUT2D eigenvalue weighted by molar-refractivity contribution is -0.123. The topological polar surface area (TPSA) is 80.6 Å². The van der Waals surface area contributed by atoms with Gasteiger partial charge in [0.25, 0.3) is 5.91 Å². The Kier molecular flexibility index (Phi) is 5.21. The number of aryl methyl sites for hydroxylation is 1. The highest BCUT2D eigenvalue weighted by molar-refractivity contribution is 9.10. The van der Waals surface area contributed by atoms with Crippen molar-refractivity contribution in [3.8, 4) is 5.75 Å². The molecule has 22 heavy (non-hydrogen) atoms. The maximum absolute atomic E-state index is 11.7. The number of benzene rings is 1. The molecular weight excluding hydrogens is 352 g/mol. The van der Waals surface area contributed by atoms with E-state index >= 15 is 0 Å². The van der Waals surface area contributed by atoms with Gasteiger partial charge >= 0.3 is 5.91 Å². The minimum atomic E-state index is -0.550. The number of nitrogens with one attached hydrogen (secondary N) is 2. The number of hydrogen-bond donors (Lipinski definition) is 2. The number of hydrogen-bond acceptors (Lipinski definition) is 4. The van der Waals surface area contributed by atoms with Gasteiger partial charge in [0.2, 0.25) is 0 Å². The van der Waals surface area contributed by atoms with Gasteiger partial charge in [0, 0.05) is 0 Å². The van der Waals surface area contributed by atoms with E-state index in [1.807, 2.05) is 26.0 Å². The molecule has 2 amide bonds. The number of amides is 2. The fourth-order valence-corrected chi connectivity index (χ4v) is 1.99. The number of carbonyl (C=O) groups excluding carboxylic acids is 2. The van der Waals surface area contributed by atoms with E-state index < -0.39 is 11.8 Å². The standard InChI is InChI=1S/C15H15BrN2O4/c1-9-4-3-5-11(10(9)2)21-8-14(19)17-18-15(20)12-6-7-13(16)22-12/h3-7H,8H2,1-2H3,(H,17,19)(H,18,20). The molecule has 6 nitrogen and oxygen atoms in total. The van der Waals surface area contributed by atoms with Gasteiger partial charge in [0.1, 0.15) is 5.75 Å². The third-order valence-corrected chi connectivity index (χ3v) is 3.45. The Morgan fingerprint density at radius 1 is 1.18 bits per heavy atom. The first kappa shape index (κ1) is 16.1. The molecule has 1 aromatic heterocycles. The number of furan rings is 1. The van der Waals surface area contributed by atoms with E-state index in [1.165, 1.54) is 6.07 Å². The van der Waals surface area contributed by atoms with Crippen LogP contribution in [0.1, 0.15) is 21.7 Å². The van der Waals surface area contributed by atoms with E-state index in [2.05, 4.69) is 26.8 Å². The van der Waals surface area contributed by atoms with E-state index in [0.717, 1.165) is 11.1 Å². The highest BCUT2D eigenvalue weighted by atomic mass is 79.9. The Labute approximate surface area is 135 Å². The lowest BCUT2D eigenvalue weighted by Gasteiger charge is -2.11. The van der Waals surface area contributed by atoms with Gasteiger partial charge in [-0.3, -0.25) is 20.4 Å². The van der Waals surface area contributed by atoms with Gasteiger partial charge < -0.3 is 9.15 Å². The second-order valence-corrected chi connectivity index (χ2v) is 5.37. The maximum atomic E-state index is 11.7. The van der Waals surface area contributed by atoms with Gasteiger partial charge in [0.05, 0.1) is 0 Å². The molecule has 2 rings (SSSR count). The molecule has 0 radical (unpaired) electrons. The fraction of sp³-hybridized carbons (Fsp3) is 0.200. The third kappa shape index (κ3) is 4.11. The summed E-state index contributed by atoms with van der Waals surface area (Å²) < 4.78 is 10.9. The summed E-state index contributed by atoms with van der Waals surface area (Å²) in [6.45, 7) is 3.68. The summed E-state index contributed by atoms with van der Waals surface area (Å²) in [5.74, 6) is -0.301. The molecule has 0 aliphatic rings. The van der Waals surface area contributed by atoms with Gasteiger partial charge in [-0.05, 0) is 59.1 Å². The van der Waals surface area contributed by atoms with Gasteiger partial charge in [-0.15, -0.1) is 0 Å². The van der Waals surface area contributed by atoms with E-state index in [0.29, 0.717) is 10.4 Å². The zero-order valence-corrected chi connectivity index (χ0v) is 13.7. The van der Waals surface area contributed by atoms with Crippen LogP contribution in [0.4, 0.5) is 0 Å². The molecule has 0 atom stereocenters. The fourth-order valence-electron chi connectivity index (χ4n) is 1.68. The molecule has 0 saturated heterocycles. The summed E-state index contributed by atoms with van der Waals surface area (Å²) >= 11 is 3.09. The molecule has 0 aliphatic carbocycles. The highest BCUT2D eigenvalue weighted by Gasteiger charge is 2.12. The van der Waals surface area contributed by atoms with Crippen LogP contribution in [0.5, 0.6) is 5.75 Å². The summed E-state index contributed by atoms with van der Waals surface area (Å²) in [6, 6.07) is 8.67. The number of ether oxygens (including phenoxy) is 1. The first-order valence-electron chi connectivity index (χ1n) is 6.51. The number of hydrazine groups is 1. The lowest BCUT2D eigenvalue weighted by atomic mass is 10.1. The Balaban J connectivity index is 1.81. The van der Waals surface area contributed by atoms with Crippen molar-refractivity contribution in [2.45, 2.75) is 13.8 Å². The van der Waals surface area contributed by atoms with Crippen molar-refractivity contribution in [3.63, 3.8) is 0 Å². The van der Waals surface area contributed by atoms with E-state index in [9.17, 15) is 9.59 Å². The van der Waals surface area contributed by atoms with Crippen LogP contribution < -0.4 is 15.6 Å². The van der Waals surface area contributed by atoms with Crippen molar-refractivity contribution in [1.29, 1.82) is 0 Å². The second kappa shape index (κ2) is 7.13. The van der Waals surface area contributed by atoms with Gasteiger partial charge in [-0.1, -0.05) is 12.1 Å². The van der Waals surface area contributed by atoms with E-state index in [4.69, 9.17) is 9.15 Å². The molecule has 2 aromatic rings. The Morgan fingerprint density at radius 2 is 1.95 bits per heavy atom. The number of rotatable bonds is 4. The van der Waals surface area contributed by atoms with Crippen molar-refractivity contribution >= 4 is 27.7 Å². The molecule has 1 heterocycles. The Bertz CT molecular complexity index is 697. The average Bonchev–Trinajstić information content (AvgIpc) is 2.93. The van der Waals surface area contributed by atoms with Crippen LogP contribution in [0.2, 0.25) is 0 Å². The molecule has 0 saturated carbocycles. The largest absolute Gasteiger partial charge is 0.483 e. The lowest BCUT2D eigenvalue weighted by Crippen LogP contribution is -2.43. The molecule has 7 heteroatoms. The number of halogens is 1. The highest BCUT2D eigenvalue weighted by Crippen LogP contribution is 2.20. The molecule has 0 spiro atoms.